The Bertz CT molecular complexity index is 314. The van der Waals surface area contributed by atoms with Gasteiger partial charge in [-0.05, 0) is 42.6 Å². The molecular weight excluding hydrogens is 252 g/mol. The topological polar surface area (TPSA) is 69.6 Å². The Labute approximate surface area is 111 Å². The van der Waals surface area contributed by atoms with Crippen molar-refractivity contribution >= 4 is 23.8 Å². The first-order valence-corrected chi connectivity index (χ1v) is 7.63. The number of nitrogens with zero attached hydrogens (tertiary/aromatic N) is 1. The predicted molar refractivity (Wildman–Crippen MR) is 70.8 cm³/mol. The number of carbonyl (C=O) groups is 2. The van der Waals surface area contributed by atoms with Gasteiger partial charge < -0.3 is 15.3 Å². The standard InChI is InChI=1S/C12H20N2O3S/c15-11(16)7-14(6-9-1-2-9)12(17)13-5-10-3-4-18-8-10/h9-10H,1-8H2,(H,13,17)(H,15,16). The monoisotopic (exact) mass is 272 g/mol. The smallest absolute Gasteiger partial charge is 0.323 e. The molecule has 1 aliphatic heterocycles. The van der Waals surface area contributed by atoms with Gasteiger partial charge in [-0.3, -0.25) is 4.79 Å². The molecule has 1 atom stereocenters. The molecule has 1 saturated heterocycles. The number of carbonyl (C=O) groups excluding carboxylic acids is 1. The molecule has 0 aromatic carbocycles. The molecule has 0 aromatic heterocycles. The van der Waals surface area contributed by atoms with E-state index in [1.807, 2.05) is 11.8 Å². The van der Waals surface area contributed by atoms with Crippen LogP contribution in [0.2, 0.25) is 0 Å². The van der Waals surface area contributed by atoms with E-state index in [1.165, 1.54) is 10.7 Å². The average Bonchev–Trinajstić information content (AvgIpc) is 2.98. The van der Waals surface area contributed by atoms with Crippen molar-refractivity contribution in [2.75, 3.05) is 31.1 Å². The summed E-state index contributed by atoms with van der Waals surface area (Å²) in [4.78, 5) is 24.1. The molecule has 1 heterocycles. The largest absolute Gasteiger partial charge is 0.480 e. The van der Waals surface area contributed by atoms with E-state index in [0.717, 1.165) is 25.0 Å². The van der Waals surface area contributed by atoms with Crippen molar-refractivity contribution in [2.45, 2.75) is 19.3 Å². The molecule has 0 bridgehead atoms. The summed E-state index contributed by atoms with van der Waals surface area (Å²) in [5.74, 6) is 2.38. The lowest BCUT2D eigenvalue weighted by atomic mass is 10.1. The van der Waals surface area contributed by atoms with Crippen molar-refractivity contribution in [3.63, 3.8) is 0 Å². The molecule has 1 saturated carbocycles. The molecule has 0 radical (unpaired) electrons. The minimum absolute atomic E-state index is 0.193. The van der Waals surface area contributed by atoms with E-state index in [2.05, 4.69) is 5.32 Å². The summed E-state index contributed by atoms with van der Waals surface area (Å²) in [5.41, 5.74) is 0. The van der Waals surface area contributed by atoms with Gasteiger partial charge in [0.15, 0.2) is 0 Å². The maximum atomic E-state index is 11.9. The van der Waals surface area contributed by atoms with Crippen LogP contribution < -0.4 is 5.32 Å². The van der Waals surface area contributed by atoms with Crippen molar-refractivity contribution in [1.82, 2.24) is 10.2 Å². The van der Waals surface area contributed by atoms with Gasteiger partial charge in [-0.25, -0.2) is 4.79 Å². The van der Waals surface area contributed by atoms with Crippen LogP contribution in [0.15, 0.2) is 0 Å². The number of aliphatic carboxylic acids is 1. The Hall–Kier alpha value is -0.910. The molecule has 5 nitrogen and oxygen atoms in total. The van der Waals surface area contributed by atoms with Crippen LogP contribution in [-0.2, 0) is 4.79 Å². The van der Waals surface area contributed by atoms with Gasteiger partial charge in [0, 0.05) is 13.1 Å². The Morgan fingerprint density at radius 3 is 2.61 bits per heavy atom. The lowest BCUT2D eigenvalue weighted by Crippen LogP contribution is -2.45. The fourth-order valence-electron chi connectivity index (χ4n) is 2.08. The predicted octanol–water partition coefficient (Wildman–Crippen LogP) is 1.25. The summed E-state index contributed by atoms with van der Waals surface area (Å²) in [6.07, 6.45) is 3.37. The van der Waals surface area contributed by atoms with Gasteiger partial charge in [-0.2, -0.15) is 11.8 Å². The van der Waals surface area contributed by atoms with E-state index in [0.29, 0.717) is 24.9 Å². The van der Waals surface area contributed by atoms with Crippen molar-refractivity contribution in [2.24, 2.45) is 11.8 Å². The third kappa shape index (κ3) is 4.40. The Morgan fingerprint density at radius 1 is 1.28 bits per heavy atom. The van der Waals surface area contributed by atoms with Gasteiger partial charge in [-0.15, -0.1) is 0 Å². The molecule has 1 unspecified atom stereocenters. The number of thioether (sulfide) groups is 1. The molecule has 1 aliphatic carbocycles. The van der Waals surface area contributed by atoms with Crippen LogP contribution in [-0.4, -0.2) is 53.1 Å². The SMILES string of the molecule is O=C(O)CN(CC1CC1)C(=O)NCC1CCSC1. The van der Waals surface area contributed by atoms with Crippen molar-refractivity contribution < 1.29 is 14.7 Å². The van der Waals surface area contributed by atoms with E-state index in [-0.39, 0.29) is 12.6 Å². The number of hydrogen-bond donors (Lipinski definition) is 2. The Morgan fingerprint density at radius 2 is 2.06 bits per heavy atom. The second-order valence-corrected chi connectivity index (χ2v) is 6.28. The summed E-state index contributed by atoms with van der Waals surface area (Å²) in [7, 11) is 0. The van der Waals surface area contributed by atoms with Gasteiger partial charge in [0.25, 0.3) is 0 Å². The number of carboxylic acids is 1. The number of nitrogens with one attached hydrogen (secondary N) is 1. The average molecular weight is 272 g/mol. The summed E-state index contributed by atoms with van der Waals surface area (Å²) in [5, 5.41) is 11.7. The molecule has 2 aliphatic rings. The molecule has 2 N–H and O–H groups in total. The van der Waals surface area contributed by atoms with E-state index in [9.17, 15) is 9.59 Å². The normalized spacial score (nSPS) is 22.8. The number of rotatable bonds is 6. The minimum atomic E-state index is -0.942. The highest BCUT2D eigenvalue weighted by Gasteiger charge is 2.28. The van der Waals surface area contributed by atoms with Crippen molar-refractivity contribution in [3.8, 4) is 0 Å². The highest BCUT2D eigenvalue weighted by molar-refractivity contribution is 7.99. The van der Waals surface area contributed by atoms with Crippen molar-refractivity contribution in [3.05, 3.63) is 0 Å². The first kappa shape index (κ1) is 13.5. The maximum absolute atomic E-state index is 11.9. The fraction of sp³-hybridized carbons (Fsp3) is 0.833. The van der Waals surface area contributed by atoms with Crippen LogP contribution in [0.1, 0.15) is 19.3 Å². The second kappa shape index (κ2) is 6.31. The highest BCUT2D eigenvalue weighted by atomic mass is 32.2. The zero-order valence-corrected chi connectivity index (χ0v) is 11.2. The second-order valence-electron chi connectivity index (χ2n) is 5.13. The summed E-state index contributed by atoms with van der Waals surface area (Å²) in [6, 6.07) is -0.221. The van der Waals surface area contributed by atoms with Crippen LogP contribution >= 0.6 is 11.8 Å². The van der Waals surface area contributed by atoms with Crippen LogP contribution in [0.5, 0.6) is 0 Å². The maximum Gasteiger partial charge on any atom is 0.323 e. The Balaban J connectivity index is 1.75. The quantitative estimate of drug-likeness (QED) is 0.763. The van der Waals surface area contributed by atoms with Gasteiger partial charge in [0.05, 0.1) is 0 Å². The lowest BCUT2D eigenvalue weighted by molar-refractivity contribution is -0.137. The molecule has 2 rings (SSSR count). The third-order valence-electron chi connectivity index (χ3n) is 3.35. The van der Waals surface area contributed by atoms with Gasteiger partial charge in [0.2, 0.25) is 0 Å². The van der Waals surface area contributed by atoms with Gasteiger partial charge >= 0.3 is 12.0 Å². The minimum Gasteiger partial charge on any atom is -0.480 e. The molecule has 2 fully saturated rings. The fourth-order valence-corrected chi connectivity index (χ4v) is 3.37. The van der Waals surface area contributed by atoms with Crippen LogP contribution in [0.4, 0.5) is 4.79 Å². The molecule has 102 valence electrons. The molecule has 0 aromatic rings. The number of carboxylic acid groups (broad SMARTS) is 1. The first-order chi connectivity index (χ1) is 8.65. The molecule has 6 heteroatoms. The van der Waals surface area contributed by atoms with E-state index in [4.69, 9.17) is 5.11 Å². The zero-order chi connectivity index (χ0) is 13.0. The number of urea groups is 1. The molecule has 18 heavy (non-hydrogen) atoms. The van der Waals surface area contributed by atoms with E-state index in [1.54, 1.807) is 0 Å². The zero-order valence-electron chi connectivity index (χ0n) is 10.4. The van der Waals surface area contributed by atoms with Crippen LogP contribution in [0.3, 0.4) is 0 Å². The number of hydrogen-bond acceptors (Lipinski definition) is 3. The van der Waals surface area contributed by atoms with Crippen LogP contribution in [0.25, 0.3) is 0 Å². The summed E-state index contributed by atoms with van der Waals surface area (Å²) < 4.78 is 0. The first-order valence-electron chi connectivity index (χ1n) is 6.47. The third-order valence-corrected chi connectivity index (χ3v) is 4.59. The van der Waals surface area contributed by atoms with Crippen molar-refractivity contribution in [1.29, 1.82) is 0 Å². The van der Waals surface area contributed by atoms with E-state index < -0.39 is 5.97 Å². The van der Waals surface area contributed by atoms with E-state index >= 15 is 0 Å². The summed E-state index contributed by atoms with van der Waals surface area (Å²) >= 11 is 1.91. The Kier molecular flexibility index (Phi) is 4.74. The number of amides is 2. The lowest BCUT2D eigenvalue weighted by Gasteiger charge is -2.22. The highest BCUT2D eigenvalue weighted by Crippen LogP contribution is 2.29. The van der Waals surface area contributed by atoms with Gasteiger partial charge in [0.1, 0.15) is 6.54 Å². The van der Waals surface area contributed by atoms with Crippen LogP contribution in [0, 0.1) is 11.8 Å². The molecule has 0 spiro atoms. The molecular formula is C12H20N2O3S. The van der Waals surface area contributed by atoms with Gasteiger partial charge in [-0.1, -0.05) is 0 Å². The molecule has 2 amide bonds. The summed E-state index contributed by atoms with van der Waals surface area (Å²) in [6.45, 7) is 1.06.